The highest BCUT2D eigenvalue weighted by Crippen LogP contribution is 2.20. The van der Waals surface area contributed by atoms with Crippen LogP contribution >= 0.6 is 15.9 Å². The van der Waals surface area contributed by atoms with Crippen molar-refractivity contribution in [3.8, 4) is 0 Å². The molecule has 2 rings (SSSR count). The number of aliphatic hydroxyl groups excluding tert-OH is 1. The highest BCUT2D eigenvalue weighted by atomic mass is 79.9. The summed E-state index contributed by atoms with van der Waals surface area (Å²) in [6, 6.07) is 5.27. The predicted octanol–water partition coefficient (Wildman–Crippen LogP) is 2.60. The van der Waals surface area contributed by atoms with Gasteiger partial charge < -0.3 is 9.84 Å². The van der Waals surface area contributed by atoms with Crippen LogP contribution in [0.5, 0.6) is 0 Å². The number of ether oxygens (including phenoxy) is 1. The van der Waals surface area contributed by atoms with Crippen molar-refractivity contribution in [3.63, 3.8) is 0 Å². The summed E-state index contributed by atoms with van der Waals surface area (Å²) in [5.41, 5.74) is 0.899. The van der Waals surface area contributed by atoms with E-state index in [-0.39, 0.29) is 11.9 Å². The molecule has 3 nitrogen and oxygen atoms in total. The molecule has 2 unspecified atom stereocenters. The van der Waals surface area contributed by atoms with Crippen molar-refractivity contribution in [1.29, 1.82) is 0 Å². The number of morpholine rings is 1. The minimum atomic E-state index is -0.575. The second-order valence-electron chi connectivity index (χ2n) is 5.52. The van der Waals surface area contributed by atoms with Crippen molar-refractivity contribution in [2.75, 3.05) is 19.7 Å². The predicted molar refractivity (Wildman–Crippen MR) is 80.3 cm³/mol. The monoisotopic (exact) mass is 345 g/mol. The third-order valence-corrected chi connectivity index (χ3v) is 4.32. The first-order chi connectivity index (χ1) is 9.47. The van der Waals surface area contributed by atoms with Gasteiger partial charge in [0.2, 0.25) is 0 Å². The lowest BCUT2D eigenvalue weighted by Gasteiger charge is -2.37. The van der Waals surface area contributed by atoms with Crippen LogP contribution in [0.4, 0.5) is 4.39 Å². The number of halogens is 2. The lowest BCUT2D eigenvalue weighted by atomic mass is 10.0. The summed E-state index contributed by atoms with van der Waals surface area (Å²) in [6.45, 7) is 6.58. The first-order valence-electron chi connectivity index (χ1n) is 6.95. The second kappa shape index (κ2) is 6.98. The van der Waals surface area contributed by atoms with E-state index in [4.69, 9.17) is 4.74 Å². The minimum absolute atomic E-state index is 0.185. The van der Waals surface area contributed by atoms with E-state index in [1.54, 1.807) is 12.1 Å². The van der Waals surface area contributed by atoms with E-state index in [2.05, 4.69) is 34.7 Å². The molecule has 1 aromatic rings. The van der Waals surface area contributed by atoms with E-state index < -0.39 is 6.10 Å². The van der Waals surface area contributed by atoms with Crippen LogP contribution in [-0.2, 0) is 11.2 Å². The summed E-state index contributed by atoms with van der Waals surface area (Å²) in [5.74, 6) is -0.289. The van der Waals surface area contributed by atoms with Crippen LogP contribution in [-0.4, -0.2) is 48.0 Å². The largest absolute Gasteiger partial charge is 0.390 e. The molecule has 0 bridgehead atoms. The fraction of sp³-hybridized carbons (Fsp3) is 0.600. The summed E-state index contributed by atoms with van der Waals surface area (Å²) in [6.07, 6.45) is -0.293. The molecule has 112 valence electrons. The molecule has 0 aromatic heterocycles. The van der Waals surface area contributed by atoms with E-state index in [0.29, 0.717) is 23.5 Å². The van der Waals surface area contributed by atoms with E-state index in [1.165, 1.54) is 6.07 Å². The molecule has 1 aromatic carbocycles. The van der Waals surface area contributed by atoms with E-state index >= 15 is 0 Å². The highest BCUT2D eigenvalue weighted by Gasteiger charge is 2.28. The Hall–Kier alpha value is -0.490. The van der Waals surface area contributed by atoms with Gasteiger partial charge >= 0.3 is 0 Å². The maximum absolute atomic E-state index is 13.2. The molecule has 0 spiro atoms. The Morgan fingerprint density at radius 3 is 2.90 bits per heavy atom. The normalized spacial score (nSPS) is 22.2. The van der Waals surface area contributed by atoms with Crippen molar-refractivity contribution in [1.82, 2.24) is 4.90 Å². The molecule has 1 aliphatic rings. The molecule has 0 amide bonds. The smallest absolute Gasteiger partial charge is 0.137 e. The van der Waals surface area contributed by atoms with Gasteiger partial charge in [0.05, 0.1) is 23.3 Å². The number of rotatable bonds is 4. The SMILES string of the molecule is CC(C)N1CCOC(C(O)Cc2ccc(F)c(Br)c2)C1. The van der Waals surface area contributed by atoms with Gasteiger partial charge in [-0.1, -0.05) is 6.07 Å². The third-order valence-electron chi connectivity index (χ3n) is 3.71. The molecule has 0 aliphatic carbocycles. The highest BCUT2D eigenvalue weighted by molar-refractivity contribution is 9.10. The molecular formula is C15H21BrFNO2. The standard InChI is InChI=1S/C15H21BrFNO2/c1-10(2)18-5-6-20-15(9-18)14(19)8-11-3-4-13(17)12(16)7-11/h3-4,7,10,14-15,19H,5-6,8-9H2,1-2H3. The van der Waals surface area contributed by atoms with Crippen LogP contribution in [0.15, 0.2) is 22.7 Å². The van der Waals surface area contributed by atoms with Crippen LogP contribution in [0.3, 0.4) is 0 Å². The van der Waals surface area contributed by atoms with Crippen LogP contribution in [0.25, 0.3) is 0 Å². The van der Waals surface area contributed by atoms with Crippen LogP contribution in [0.1, 0.15) is 19.4 Å². The van der Waals surface area contributed by atoms with Gasteiger partial charge in [-0.3, -0.25) is 4.90 Å². The Kier molecular flexibility index (Phi) is 5.55. The first kappa shape index (κ1) is 15.9. The van der Waals surface area contributed by atoms with E-state index in [0.717, 1.165) is 18.7 Å². The van der Waals surface area contributed by atoms with Crippen molar-refractivity contribution in [2.24, 2.45) is 0 Å². The molecule has 20 heavy (non-hydrogen) atoms. The zero-order valence-corrected chi connectivity index (χ0v) is 13.4. The quantitative estimate of drug-likeness (QED) is 0.910. The third kappa shape index (κ3) is 4.01. The van der Waals surface area contributed by atoms with Gasteiger partial charge in [0.1, 0.15) is 5.82 Å². The Labute approximate surface area is 127 Å². The fourth-order valence-electron chi connectivity index (χ4n) is 2.44. The zero-order valence-electron chi connectivity index (χ0n) is 11.9. The summed E-state index contributed by atoms with van der Waals surface area (Å²) >= 11 is 3.16. The molecular weight excluding hydrogens is 325 g/mol. The van der Waals surface area contributed by atoms with Crippen LogP contribution in [0.2, 0.25) is 0 Å². The molecule has 1 saturated heterocycles. The lowest BCUT2D eigenvalue weighted by Crippen LogP contribution is -2.50. The minimum Gasteiger partial charge on any atom is -0.390 e. The van der Waals surface area contributed by atoms with E-state index in [9.17, 15) is 9.50 Å². The van der Waals surface area contributed by atoms with Crippen molar-refractivity contribution >= 4 is 15.9 Å². The Balaban J connectivity index is 1.96. The molecule has 0 saturated carbocycles. The van der Waals surface area contributed by atoms with E-state index in [1.807, 2.05) is 0 Å². The summed E-state index contributed by atoms with van der Waals surface area (Å²) in [5, 5.41) is 10.3. The first-order valence-corrected chi connectivity index (χ1v) is 7.74. The molecule has 1 fully saturated rings. The van der Waals surface area contributed by atoms with Gasteiger partial charge in [0, 0.05) is 25.6 Å². The second-order valence-corrected chi connectivity index (χ2v) is 6.37. The van der Waals surface area contributed by atoms with Crippen LogP contribution in [0, 0.1) is 5.82 Å². The molecule has 0 radical (unpaired) electrons. The van der Waals surface area contributed by atoms with Gasteiger partial charge in [-0.2, -0.15) is 0 Å². The molecule has 1 heterocycles. The summed E-state index contributed by atoms with van der Waals surface area (Å²) in [4.78, 5) is 2.30. The summed E-state index contributed by atoms with van der Waals surface area (Å²) in [7, 11) is 0. The van der Waals surface area contributed by atoms with Crippen molar-refractivity contribution < 1.29 is 14.2 Å². The Morgan fingerprint density at radius 2 is 2.25 bits per heavy atom. The average molecular weight is 346 g/mol. The number of hydrogen-bond donors (Lipinski definition) is 1. The topological polar surface area (TPSA) is 32.7 Å². The molecule has 5 heteroatoms. The van der Waals surface area contributed by atoms with Gasteiger partial charge in [-0.25, -0.2) is 4.39 Å². The molecule has 1 N–H and O–H groups in total. The van der Waals surface area contributed by atoms with Crippen molar-refractivity contribution in [2.45, 2.75) is 38.5 Å². The lowest BCUT2D eigenvalue weighted by molar-refractivity contribution is -0.0940. The van der Waals surface area contributed by atoms with Crippen molar-refractivity contribution in [3.05, 3.63) is 34.1 Å². The Morgan fingerprint density at radius 1 is 1.50 bits per heavy atom. The summed E-state index contributed by atoms with van der Waals surface area (Å²) < 4.78 is 19.3. The number of hydrogen-bond acceptors (Lipinski definition) is 3. The van der Waals surface area contributed by atoms with Gasteiger partial charge in [-0.15, -0.1) is 0 Å². The van der Waals surface area contributed by atoms with Gasteiger partial charge in [0.15, 0.2) is 0 Å². The Bertz CT molecular complexity index is 455. The molecule has 2 atom stereocenters. The zero-order chi connectivity index (χ0) is 14.7. The number of aliphatic hydroxyl groups is 1. The average Bonchev–Trinajstić information content (AvgIpc) is 2.43. The number of benzene rings is 1. The van der Waals surface area contributed by atoms with Gasteiger partial charge in [-0.05, 0) is 47.5 Å². The fourth-order valence-corrected chi connectivity index (χ4v) is 2.86. The molecule has 1 aliphatic heterocycles. The van der Waals surface area contributed by atoms with Crippen LogP contribution < -0.4 is 0 Å². The maximum Gasteiger partial charge on any atom is 0.137 e. The van der Waals surface area contributed by atoms with Gasteiger partial charge in [0.25, 0.3) is 0 Å². The number of nitrogens with zero attached hydrogens (tertiary/aromatic N) is 1. The maximum atomic E-state index is 13.2.